The van der Waals surface area contributed by atoms with Crippen LogP contribution in [0.25, 0.3) is 10.9 Å². The fourth-order valence-corrected chi connectivity index (χ4v) is 4.09. The number of nitrogens with zero attached hydrogens (tertiary/aromatic N) is 2. The highest BCUT2D eigenvalue weighted by Gasteiger charge is 2.42. The minimum Gasteiger partial charge on any atom is -0.370 e. The van der Waals surface area contributed by atoms with Gasteiger partial charge in [0.2, 0.25) is 0 Å². The molecule has 4 nitrogen and oxygen atoms in total. The number of ether oxygens (including phenoxy) is 1. The lowest BCUT2D eigenvalue weighted by atomic mass is 9.98. The second kappa shape index (κ2) is 5.11. The Bertz CT molecular complexity index is 643. The third-order valence-corrected chi connectivity index (χ3v) is 5.16. The molecule has 2 aromatic rings. The first-order valence-corrected chi connectivity index (χ1v) is 8.12. The molecule has 1 spiro atoms. The number of para-hydroxylation sites is 1. The van der Waals surface area contributed by atoms with Crippen molar-refractivity contribution in [3.8, 4) is 0 Å². The molecule has 1 saturated carbocycles. The van der Waals surface area contributed by atoms with Crippen LogP contribution in [-0.4, -0.2) is 21.5 Å². The average Bonchev–Trinajstić information content (AvgIpc) is 3.21. The standard InChI is InChI=1S/C17H23N3O/c18-11-15-14-5-1-2-6-16(14)20(19-15)12-13-7-10-17(21-13)8-3-4-9-17/h1-2,5-6,13H,3-4,7-12,18H2. The van der Waals surface area contributed by atoms with Crippen molar-refractivity contribution >= 4 is 10.9 Å². The highest BCUT2D eigenvalue weighted by molar-refractivity contribution is 5.81. The van der Waals surface area contributed by atoms with E-state index in [-0.39, 0.29) is 5.60 Å². The van der Waals surface area contributed by atoms with Gasteiger partial charge < -0.3 is 10.5 Å². The van der Waals surface area contributed by atoms with Crippen LogP contribution < -0.4 is 5.73 Å². The van der Waals surface area contributed by atoms with Crippen LogP contribution >= 0.6 is 0 Å². The van der Waals surface area contributed by atoms with Gasteiger partial charge in [-0.05, 0) is 31.7 Å². The number of benzene rings is 1. The van der Waals surface area contributed by atoms with Gasteiger partial charge in [0, 0.05) is 11.9 Å². The first kappa shape index (κ1) is 13.3. The molecule has 1 aliphatic carbocycles. The van der Waals surface area contributed by atoms with E-state index < -0.39 is 0 Å². The third-order valence-electron chi connectivity index (χ3n) is 5.16. The molecule has 0 amide bonds. The summed E-state index contributed by atoms with van der Waals surface area (Å²) in [7, 11) is 0. The normalized spacial score (nSPS) is 24.3. The summed E-state index contributed by atoms with van der Waals surface area (Å²) in [5.41, 5.74) is 8.18. The van der Waals surface area contributed by atoms with E-state index in [1.54, 1.807) is 0 Å². The predicted octanol–water partition coefficient (Wildman–Crippen LogP) is 2.99. The van der Waals surface area contributed by atoms with Gasteiger partial charge in [0.1, 0.15) is 0 Å². The Morgan fingerprint density at radius 3 is 2.86 bits per heavy atom. The monoisotopic (exact) mass is 285 g/mol. The number of hydrogen-bond acceptors (Lipinski definition) is 3. The van der Waals surface area contributed by atoms with Crippen LogP contribution in [0.15, 0.2) is 24.3 Å². The summed E-state index contributed by atoms with van der Waals surface area (Å²) in [4.78, 5) is 0. The van der Waals surface area contributed by atoms with Crippen molar-refractivity contribution in [2.24, 2.45) is 5.73 Å². The molecule has 21 heavy (non-hydrogen) atoms. The summed E-state index contributed by atoms with van der Waals surface area (Å²) in [5.74, 6) is 0. The van der Waals surface area contributed by atoms with E-state index in [2.05, 4.69) is 22.9 Å². The second-order valence-corrected chi connectivity index (χ2v) is 6.52. The summed E-state index contributed by atoms with van der Waals surface area (Å²) in [6.07, 6.45) is 7.84. The number of rotatable bonds is 3. The maximum absolute atomic E-state index is 6.41. The molecule has 2 aliphatic rings. The Balaban J connectivity index is 1.58. The van der Waals surface area contributed by atoms with Gasteiger partial charge in [-0.1, -0.05) is 31.0 Å². The average molecular weight is 285 g/mol. The molecule has 0 bridgehead atoms. The Morgan fingerprint density at radius 1 is 1.24 bits per heavy atom. The van der Waals surface area contributed by atoms with Crippen molar-refractivity contribution < 1.29 is 4.74 Å². The number of aromatic nitrogens is 2. The molecule has 1 aliphatic heterocycles. The molecule has 2 fully saturated rings. The number of nitrogens with two attached hydrogens (primary N) is 1. The first-order valence-electron chi connectivity index (χ1n) is 8.12. The third kappa shape index (κ3) is 2.27. The van der Waals surface area contributed by atoms with Gasteiger partial charge in [0.15, 0.2) is 0 Å². The highest BCUT2D eigenvalue weighted by Crippen LogP contribution is 2.43. The van der Waals surface area contributed by atoms with Crippen LogP contribution in [0, 0.1) is 0 Å². The lowest BCUT2D eigenvalue weighted by Gasteiger charge is -2.23. The zero-order chi connectivity index (χ0) is 14.3. The van der Waals surface area contributed by atoms with E-state index >= 15 is 0 Å². The molecular weight excluding hydrogens is 262 g/mol. The van der Waals surface area contributed by atoms with Crippen LogP contribution in [0.5, 0.6) is 0 Å². The maximum Gasteiger partial charge on any atom is 0.0839 e. The van der Waals surface area contributed by atoms with Crippen LogP contribution in [0.2, 0.25) is 0 Å². The summed E-state index contributed by atoms with van der Waals surface area (Å²) in [5, 5.41) is 5.87. The Kier molecular flexibility index (Phi) is 3.23. The van der Waals surface area contributed by atoms with E-state index in [9.17, 15) is 0 Å². The molecule has 2 N–H and O–H groups in total. The van der Waals surface area contributed by atoms with Crippen molar-refractivity contribution in [2.75, 3.05) is 0 Å². The van der Waals surface area contributed by atoms with E-state index in [0.29, 0.717) is 12.6 Å². The van der Waals surface area contributed by atoms with Crippen molar-refractivity contribution in [2.45, 2.75) is 63.3 Å². The summed E-state index contributed by atoms with van der Waals surface area (Å²) >= 11 is 0. The molecule has 1 aromatic heterocycles. The minimum absolute atomic E-state index is 0.199. The van der Waals surface area contributed by atoms with Crippen LogP contribution in [0.4, 0.5) is 0 Å². The number of fused-ring (bicyclic) bond motifs is 1. The summed E-state index contributed by atoms with van der Waals surface area (Å²) in [6, 6.07) is 8.35. The first-order chi connectivity index (χ1) is 10.3. The SMILES string of the molecule is NCc1nn(CC2CCC3(CCCC3)O2)c2ccccc12. The van der Waals surface area contributed by atoms with E-state index in [0.717, 1.165) is 18.7 Å². The Hall–Kier alpha value is -1.39. The fourth-order valence-electron chi connectivity index (χ4n) is 4.09. The van der Waals surface area contributed by atoms with Crippen LogP contribution in [0.3, 0.4) is 0 Å². The fraction of sp³-hybridized carbons (Fsp3) is 0.588. The summed E-state index contributed by atoms with van der Waals surface area (Å²) < 4.78 is 8.51. The van der Waals surface area contributed by atoms with Gasteiger partial charge in [-0.2, -0.15) is 5.10 Å². The van der Waals surface area contributed by atoms with E-state index in [1.807, 2.05) is 6.07 Å². The largest absolute Gasteiger partial charge is 0.370 e. The molecule has 4 rings (SSSR count). The molecule has 2 heterocycles. The Labute approximate surface area is 125 Å². The van der Waals surface area contributed by atoms with Crippen LogP contribution in [0.1, 0.15) is 44.2 Å². The van der Waals surface area contributed by atoms with E-state index in [4.69, 9.17) is 15.6 Å². The zero-order valence-corrected chi connectivity index (χ0v) is 12.4. The smallest absolute Gasteiger partial charge is 0.0839 e. The van der Waals surface area contributed by atoms with E-state index in [1.165, 1.54) is 43.0 Å². The van der Waals surface area contributed by atoms with Gasteiger partial charge in [-0.25, -0.2) is 0 Å². The van der Waals surface area contributed by atoms with Crippen molar-refractivity contribution in [3.05, 3.63) is 30.0 Å². The zero-order valence-electron chi connectivity index (χ0n) is 12.4. The van der Waals surface area contributed by atoms with Crippen molar-refractivity contribution in [1.82, 2.24) is 9.78 Å². The topological polar surface area (TPSA) is 53.1 Å². The highest BCUT2D eigenvalue weighted by atomic mass is 16.5. The molecular formula is C17H23N3O. The summed E-state index contributed by atoms with van der Waals surface area (Å²) in [6.45, 7) is 1.34. The van der Waals surface area contributed by atoms with Crippen molar-refractivity contribution in [3.63, 3.8) is 0 Å². The molecule has 1 unspecified atom stereocenters. The molecule has 1 saturated heterocycles. The number of hydrogen-bond donors (Lipinski definition) is 1. The minimum atomic E-state index is 0.199. The van der Waals surface area contributed by atoms with Gasteiger partial charge in [0.25, 0.3) is 0 Å². The molecule has 4 heteroatoms. The quantitative estimate of drug-likeness (QED) is 0.943. The molecule has 0 radical (unpaired) electrons. The van der Waals surface area contributed by atoms with Gasteiger partial charge in [0.05, 0.1) is 29.5 Å². The lowest BCUT2D eigenvalue weighted by molar-refractivity contribution is -0.0425. The second-order valence-electron chi connectivity index (χ2n) is 6.52. The lowest BCUT2D eigenvalue weighted by Crippen LogP contribution is -2.26. The van der Waals surface area contributed by atoms with Gasteiger partial charge >= 0.3 is 0 Å². The van der Waals surface area contributed by atoms with Crippen molar-refractivity contribution in [1.29, 1.82) is 0 Å². The predicted molar refractivity (Wildman–Crippen MR) is 82.9 cm³/mol. The molecule has 112 valence electrons. The van der Waals surface area contributed by atoms with Gasteiger partial charge in [-0.3, -0.25) is 4.68 Å². The molecule has 1 atom stereocenters. The molecule has 1 aromatic carbocycles. The maximum atomic E-state index is 6.41. The van der Waals surface area contributed by atoms with Gasteiger partial charge in [-0.15, -0.1) is 0 Å². The van der Waals surface area contributed by atoms with Crippen LogP contribution in [-0.2, 0) is 17.8 Å². The Morgan fingerprint density at radius 2 is 2.05 bits per heavy atom.